The summed E-state index contributed by atoms with van der Waals surface area (Å²) in [7, 11) is 5.12. The fraction of sp³-hybridized carbons (Fsp3) is 0.485. The predicted octanol–water partition coefficient (Wildman–Crippen LogP) is 1.72. The van der Waals surface area contributed by atoms with Crippen molar-refractivity contribution in [1.82, 2.24) is 29.5 Å². The molecule has 0 atom stereocenters. The van der Waals surface area contributed by atoms with Crippen molar-refractivity contribution in [3.8, 4) is 17.2 Å². The van der Waals surface area contributed by atoms with Crippen LogP contribution in [0, 0.1) is 0 Å². The number of hydrogen-bond donors (Lipinski definition) is 1. The van der Waals surface area contributed by atoms with E-state index in [0.717, 1.165) is 31.2 Å². The number of carbonyl (C=O) groups excluding carboxylic acids is 4. The zero-order chi connectivity index (χ0) is 34.9. The maximum Gasteiger partial charge on any atom is 0.319 e. The van der Waals surface area contributed by atoms with Crippen molar-refractivity contribution in [2.45, 2.75) is 45.2 Å². The van der Waals surface area contributed by atoms with Crippen LogP contribution in [0.2, 0.25) is 0 Å². The molecule has 0 fully saturated rings. The van der Waals surface area contributed by atoms with E-state index in [9.17, 15) is 24.3 Å². The van der Waals surface area contributed by atoms with E-state index in [0.29, 0.717) is 35.0 Å². The second kappa shape index (κ2) is 19.8. The first-order chi connectivity index (χ1) is 23.2. The molecule has 0 amide bonds. The van der Waals surface area contributed by atoms with Crippen LogP contribution in [0.1, 0.15) is 42.6 Å². The normalized spacial score (nSPS) is 11.1. The molecule has 48 heavy (non-hydrogen) atoms. The van der Waals surface area contributed by atoms with Crippen LogP contribution in [0.25, 0.3) is 17.2 Å². The molecule has 1 N–H and O–H groups in total. The summed E-state index contributed by atoms with van der Waals surface area (Å²) in [6, 6.07) is 10.9. The second-order valence-corrected chi connectivity index (χ2v) is 10.9. The molecular formula is C33H44N6O9. The highest BCUT2D eigenvalue weighted by atomic mass is 16.5. The lowest BCUT2D eigenvalue weighted by Gasteiger charge is -2.19. The molecule has 0 aliphatic rings. The average molecular weight is 669 g/mol. The Hall–Kier alpha value is -4.73. The Balaban J connectivity index is 1.94. The van der Waals surface area contributed by atoms with Gasteiger partial charge in [-0.1, -0.05) is 25.0 Å². The Morgan fingerprint density at radius 2 is 1.19 bits per heavy atom. The maximum atomic E-state index is 12.0. The summed E-state index contributed by atoms with van der Waals surface area (Å²) >= 11 is 0. The number of esters is 4. The number of pyridine rings is 2. The lowest BCUT2D eigenvalue weighted by molar-refractivity contribution is -0.147. The van der Waals surface area contributed by atoms with Crippen LogP contribution in [0.15, 0.2) is 42.6 Å². The summed E-state index contributed by atoms with van der Waals surface area (Å²) in [6.07, 6.45) is 6.05. The molecular weight excluding hydrogens is 624 g/mol. The minimum Gasteiger partial charge on any atom is -0.468 e. The van der Waals surface area contributed by atoms with E-state index in [-0.39, 0.29) is 45.9 Å². The van der Waals surface area contributed by atoms with Crippen molar-refractivity contribution in [2.75, 3.05) is 61.2 Å². The summed E-state index contributed by atoms with van der Waals surface area (Å²) in [4.78, 5) is 60.7. The Morgan fingerprint density at radius 1 is 0.688 bits per heavy atom. The van der Waals surface area contributed by atoms with E-state index in [2.05, 4.69) is 0 Å². The molecule has 3 rings (SSSR count). The van der Waals surface area contributed by atoms with Gasteiger partial charge in [-0.2, -0.15) is 5.10 Å². The zero-order valence-electron chi connectivity index (χ0n) is 27.9. The Kier molecular flexibility index (Phi) is 15.6. The van der Waals surface area contributed by atoms with Gasteiger partial charge < -0.3 is 24.1 Å². The molecule has 0 aliphatic heterocycles. The minimum absolute atomic E-state index is 0.121. The molecule has 260 valence electrons. The summed E-state index contributed by atoms with van der Waals surface area (Å²) in [5.41, 5.74) is 3.40. The Morgan fingerprint density at radius 3 is 1.71 bits per heavy atom. The number of aryl methyl sites for hydroxylation is 1. The van der Waals surface area contributed by atoms with Gasteiger partial charge in [0.2, 0.25) is 0 Å². The van der Waals surface area contributed by atoms with Crippen molar-refractivity contribution < 1.29 is 43.2 Å². The lowest BCUT2D eigenvalue weighted by Crippen LogP contribution is -2.35. The molecule has 0 spiro atoms. The average Bonchev–Trinajstić information content (AvgIpc) is 3.52. The van der Waals surface area contributed by atoms with Gasteiger partial charge in [0.15, 0.2) is 5.82 Å². The summed E-state index contributed by atoms with van der Waals surface area (Å²) in [6.45, 7) is 0.0358. The van der Waals surface area contributed by atoms with Gasteiger partial charge in [0.05, 0.1) is 71.7 Å². The fourth-order valence-corrected chi connectivity index (χ4v) is 4.87. The van der Waals surface area contributed by atoms with Crippen molar-refractivity contribution >= 4 is 23.9 Å². The summed E-state index contributed by atoms with van der Waals surface area (Å²) < 4.78 is 20.8. The summed E-state index contributed by atoms with van der Waals surface area (Å²) in [5, 5.41) is 14.1. The van der Waals surface area contributed by atoms with Crippen molar-refractivity contribution in [1.29, 1.82) is 0 Å². The second-order valence-electron chi connectivity index (χ2n) is 10.9. The van der Waals surface area contributed by atoms with Crippen LogP contribution in [0.4, 0.5) is 0 Å². The van der Waals surface area contributed by atoms with Gasteiger partial charge >= 0.3 is 23.9 Å². The number of unbranched alkanes of at least 4 members (excludes halogenated alkanes) is 3. The molecule has 3 aromatic rings. The van der Waals surface area contributed by atoms with Crippen LogP contribution >= 0.6 is 0 Å². The zero-order valence-corrected chi connectivity index (χ0v) is 27.9. The number of methoxy groups -OCH3 is 4. The molecule has 0 aliphatic carbocycles. The first-order valence-electron chi connectivity index (χ1n) is 15.5. The number of nitrogens with zero attached hydrogens (tertiary/aromatic N) is 6. The molecule has 3 heterocycles. The summed E-state index contributed by atoms with van der Waals surface area (Å²) in [5.74, 6) is -1.46. The highest BCUT2D eigenvalue weighted by Crippen LogP contribution is 2.25. The van der Waals surface area contributed by atoms with Gasteiger partial charge in [-0.05, 0) is 43.5 Å². The minimum atomic E-state index is -0.496. The van der Waals surface area contributed by atoms with E-state index in [1.54, 1.807) is 32.7 Å². The van der Waals surface area contributed by atoms with Gasteiger partial charge in [-0.3, -0.25) is 29.0 Å². The predicted molar refractivity (Wildman–Crippen MR) is 172 cm³/mol. The van der Waals surface area contributed by atoms with E-state index >= 15 is 0 Å². The topological polar surface area (TPSA) is 176 Å². The van der Waals surface area contributed by atoms with Crippen LogP contribution in [-0.2, 0) is 57.6 Å². The van der Waals surface area contributed by atoms with Gasteiger partial charge in [0.1, 0.15) is 5.69 Å². The number of aromatic nitrogens is 4. The number of aliphatic hydroxyl groups excluding tert-OH is 1. The number of hydrogen-bond acceptors (Lipinski definition) is 14. The van der Waals surface area contributed by atoms with Crippen LogP contribution in [-0.4, -0.2) is 120 Å². The molecule has 0 radical (unpaired) electrons. The number of rotatable bonds is 20. The molecule has 0 saturated heterocycles. The first-order valence-corrected chi connectivity index (χ1v) is 15.5. The molecule has 15 nitrogen and oxygen atoms in total. The van der Waals surface area contributed by atoms with E-state index in [1.807, 2.05) is 24.4 Å². The molecule has 0 saturated carbocycles. The highest BCUT2D eigenvalue weighted by Gasteiger charge is 2.20. The van der Waals surface area contributed by atoms with Crippen molar-refractivity contribution in [3.63, 3.8) is 0 Å². The number of ether oxygens (including phenoxy) is 4. The molecule has 0 aromatic carbocycles. The van der Waals surface area contributed by atoms with E-state index in [1.165, 1.54) is 28.4 Å². The van der Waals surface area contributed by atoms with Crippen LogP contribution in [0.5, 0.6) is 0 Å². The smallest absolute Gasteiger partial charge is 0.319 e. The third kappa shape index (κ3) is 12.1. The maximum absolute atomic E-state index is 12.0. The quantitative estimate of drug-likeness (QED) is 0.105. The van der Waals surface area contributed by atoms with E-state index < -0.39 is 23.9 Å². The van der Waals surface area contributed by atoms with E-state index in [4.69, 9.17) is 34.0 Å². The number of aliphatic hydroxyl groups is 1. The van der Waals surface area contributed by atoms with Gasteiger partial charge in [-0.15, -0.1) is 0 Å². The largest absolute Gasteiger partial charge is 0.468 e. The third-order valence-electron chi connectivity index (χ3n) is 7.31. The van der Waals surface area contributed by atoms with Gasteiger partial charge in [0, 0.05) is 31.5 Å². The monoisotopic (exact) mass is 668 g/mol. The standard InChI is InChI=1S/C33H44N6O9/c1-45-29(41)20-37(21-30(42)46-2)18-25-12-9-14-27(34-25)33-24(11-7-5-6-8-16-40)17-39(36-33)28-15-10-13-26(35-28)19-38(22-31(43)47-3)23-32(44)48-4/h9-10,12-15,17,40H,5-8,11,16,18-23H2,1-4H3. The van der Waals surface area contributed by atoms with Crippen molar-refractivity contribution in [2.24, 2.45) is 0 Å². The third-order valence-corrected chi connectivity index (χ3v) is 7.31. The first kappa shape index (κ1) is 37.7. The lowest BCUT2D eigenvalue weighted by atomic mass is 10.0. The molecule has 15 heteroatoms. The highest BCUT2D eigenvalue weighted by molar-refractivity contribution is 5.75. The number of carbonyl (C=O) groups is 4. The van der Waals surface area contributed by atoms with Crippen molar-refractivity contribution in [3.05, 3.63) is 59.5 Å². The van der Waals surface area contributed by atoms with Crippen LogP contribution in [0.3, 0.4) is 0 Å². The fourth-order valence-electron chi connectivity index (χ4n) is 4.87. The van der Waals surface area contributed by atoms with Gasteiger partial charge in [-0.25, -0.2) is 14.6 Å². The Bertz CT molecular complexity index is 1480. The SMILES string of the molecule is COC(=O)CN(CC(=O)OC)Cc1cccc(-c2nn(-c3cccc(CN(CC(=O)OC)CC(=O)OC)n3)cc2CCCCCCO)n1. The molecule has 0 unspecified atom stereocenters. The molecule has 0 bridgehead atoms. The molecule has 3 aromatic heterocycles. The van der Waals surface area contributed by atoms with Gasteiger partial charge in [0.25, 0.3) is 0 Å². The Labute approximate surface area is 279 Å². The van der Waals surface area contributed by atoms with Crippen LogP contribution < -0.4 is 0 Å².